The maximum Gasteiger partial charge on any atom is 0.171 e. The zero-order chi connectivity index (χ0) is 12.4. The normalized spacial score (nSPS) is 15.5. The molecule has 1 aliphatic heterocycles. The van der Waals surface area contributed by atoms with E-state index < -0.39 is 6.10 Å². The number of methoxy groups -OCH3 is 1. The van der Waals surface area contributed by atoms with Crippen LogP contribution in [0.2, 0.25) is 0 Å². The first-order valence-corrected chi connectivity index (χ1v) is 6.02. The first-order chi connectivity index (χ1) is 8.19. The van der Waals surface area contributed by atoms with E-state index in [1.165, 1.54) is 7.11 Å². The van der Waals surface area contributed by atoms with Gasteiger partial charge in [0.25, 0.3) is 0 Å². The molecule has 1 aromatic rings. The second-order valence-corrected chi connectivity index (χ2v) is 4.44. The molecule has 1 aliphatic rings. The Kier molecular flexibility index (Phi) is 3.76. The molecule has 6 heteroatoms. The average Bonchev–Trinajstić information content (AvgIpc) is 2.36. The van der Waals surface area contributed by atoms with Crippen molar-refractivity contribution in [2.24, 2.45) is 5.73 Å². The summed E-state index contributed by atoms with van der Waals surface area (Å²) in [6.07, 6.45) is -0.849. The van der Waals surface area contributed by atoms with Gasteiger partial charge < -0.3 is 25.1 Å². The van der Waals surface area contributed by atoms with Gasteiger partial charge in [-0.2, -0.15) is 0 Å². The summed E-state index contributed by atoms with van der Waals surface area (Å²) in [6, 6.07) is 1.76. The molecule has 0 amide bonds. The summed E-state index contributed by atoms with van der Waals surface area (Å²) >= 11 is 3.37. The fourth-order valence-corrected chi connectivity index (χ4v) is 2.37. The molecule has 94 valence electrons. The number of benzene rings is 1. The Balaban J connectivity index is 2.61. The van der Waals surface area contributed by atoms with Crippen molar-refractivity contribution in [3.05, 3.63) is 16.1 Å². The van der Waals surface area contributed by atoms with Crippen LogP contribution in [-0.2, 0) is 0 Å². The highest BCUT2D eigenvalue weighted by Crippen LogP contribution is 2.46. The number of hydrogen-bond acceptors (Lipinski definition) is 5. The van der Waals surface area contributed by atoms with Crippen molar-refractivity contribution < 1.29 is 19.3 Å². The van der Waals surface area contributed by atoms with Gasteiger partial charge in [-0.15, -0.1) is 0 Å². The van der Waals surface area contributed by atoms with Crippen LogP contribution in [0, 0.1) is 0 Å². The summed E-state index contributed by atoms with van der Waals surface area (Å²) in [5, 5.41) is 9.96. The zero-order valence-electron chi connectivity index (χ0n) is 9.40. The predicted octanol–water partition coefficient (Wildman–Crippen LogP) is 1.22. The minimum atomic E-state index is -0.849. The number of aliphatic hydroxyl groups excluding tert-OH is 1. The lowest BCUT2D eigenvalue weighted by atomic mass is 10.1. The van der Waals surface area contributed by atoms with Crippen LogP contribution in [0.3, 0.4) is 0 Å². The Morgan fingerprint density at radius 2 is 2.24 bits per heavy atom. The summed E-state index contributed by atoms with van der Waals surface area (Å²) in [5.74, 6) is 1.62. The molecule has 1 atom stereocenters. The van der Waals surface area contributed by atoms with Gasteiger partial charge in [0, 0.05) is 12.6 Å². The lowest BCUT2D eigenvalue weighted by Gasteiger charge is -2.25. The van der Waals surface area contributed by atoms with Crippen LogP contribution < -0.4 is 19.9 Å². The molecule has 0 radical (unpaired) electrons. The number of nitrogens with two attached hydrogens (primary N) is 1. The highest BCUT2D eigenvalue weighted by molar-refractivity contribution is 9.10. The van der Waals surface area contributed by atoms with Gasteiger partial charge in [0.1, 0.15) is 19.0 Å². The lowest BCUT2D eigenvalue weighted by Crippen LogP contribution is -2.20. The maximum atomic E-state index is 9.96. The molecule has 1 heterocycles. The van der Waals surface area contributed by atoms with Crippen molar-refractivity contribution in [1.29, 1.82) is 0 Å². The molecule has 3 N–H and O–H groups in total. The summed E-state index contributed by atoms with van der Waals surface area (Å²) in [7, 11) is 1.53. The Bertz CT molecular complexity index is 424. The third-order valence-corrected chi connectivity index (χ3v) is 3.12. The molecule has 5 nitrogen and oxygen atoms in total. The van der Waals surface area contributed by atoms with Gasteiger partial charge in [-0.3, -0.25) is 0 Å². The quantitative estimate of drug-likeness (QED) is 0.878. The molecule has 0 aromatic heterocycles. The van der Waals surface area contributed by atoms with Crippen molar-refractivity contribution in [1.82, 2.24) is 0 Å². The van der Waals surface area contributed by atoms with Crippen LogP contribution >= 0.6 is 15.9 Å². The molecule has 0 aliphatic carbocycles. The van der Waals surface area contributed by atoms with Crippen LogP contribution in [0.1, 0.15) is 11.7 Å². The maximum absolute atomic E-state index is 9.96. The highest BCUT2D eigenvalue weighted by atomic mass is 79.9. The van der Waals surface area contributed by atoms with Crippen molar-refractivity contribution >= 4 is 15.9 Å². The topological polar surface area (TPSA) is 73.9 Å². The van der Waals surface area contributed by atoms with E-state index in [4.69, 9.17) is 19.9 Å². The fraction of sp³-hybridized carbons (Fsp3) is 0.455. The van der Waals surface area contributed by atoms with E-state index in [1.807, 2.05) is 0 Å². The molecular formula is C11H14BrNO4. The number of halogens is 1. The van der Waals surface area contributed by atoms with E-state index in [-0.39, 0.29) is 6.54 Å². The van der Waals surface area contributed by atoms with Gasteiger partial charge in [-0.25, -0.2) is 0 Å². The molecule has 0 bridgehead atoms. The van der Waals surface area contributed by atoms with Crippen molar-refractivity contribution in [2.45, 2.75) is 6.10 Å². The number of hydrogen-bond donors (Lipinski definition) is 2. The lowest BCUT2D eigenvalue weighted by molar-refractivity contribution is 0.146. The van der Waals surface area contributed by atoms with E-state index in [0.29, 0.717) is 40.5 Å². The fourth-order valence-electron chi connectivity index (χ4n) is 1.79. The van der Waals surface area contributed by atoms with Gasteiger partial charge in [-0.1, -0.05) is 0 Å². The van der Waals surface area contributed by atoms with Gasteiger partial charge in [-0.05, 0) is 15.9 Å². The minimum Gasteiger partial charge on any atom is -0.495 e. The molecule has 0 saturated heterocycles. The Hall–Kier alpha value is -0.980. The first-order valence-electron chi connectivity index (χ1n) is 5.23. The Morgan fingerprint density at radius 3 is 2.88 bits per heavy atom. The molecule has 0 saturated carbocycles. The van der Waals surface area contributed by atoms with E-state index in [1.54, 1.807) is 6.07 Å². The summed E-state index contributed by atoms with van der Waals surface area (Å²) in [6.45, 7) is 1.02. The predicted molar refractivity (Wildman–Crippen MR) is 65.7 cm³/mol. The summed E-state index contributed by atoms with van der Waals surface area (Å²) < 4.78 is 17.0. The number of fused-ring (bicyclic) bond motifs is 1. The molecule has 2 rings (SSSR count). The molecule has 1 unspecified atom stereocenters. The second-order valence-electron chi connectivity index (χ2n) is 3.58. The number of rotatable bonds is 3. The van der Waals surface area contributed by atoms with Crippen molar-refractivity contribution in [3.8, 4) is 17.2 Å². The second kappa shape index (κ2) is 5.12. The third kappa shape index (κ3) is 2.20. The standard InChI is InChI=1S/C11H14BrNO4/c1-15-10-6(12)4-8-11(17-3-2-16-8)9(10)7(14)5-13/h4,7,14H,2-3,5,13H2,1H3. The van der Waals surface area contributed by atoms with Gasteiger partial charge in [0.05, 0.1) is 23.2 Å². The van der Waals surface area contributed by atoms with E-state index in [2.05, 4.69) is 15.9 Å². The third-order valence-electron chi connectivity index (χ3n) is 2.54. The van der Waals surface area contributed by atoms with E-state index in [0.717, 1.165) is 0 Å². The first kappa shape index (κ1) is 12.5. The molecule has 0 fully saturated rings. The highest BCUT2D eigenvalue weighted by Gasteiger charge is 2.26. The van der Waals surface area contributed by atoms with Crippen LogP contribution in [0.4, 0.5) is 0 Å². The minimum absolute atomic E-state index is 0.0859. The smallest absolute Gasteiger partial charge is 0.171 e. The summed E-state index contributed by atoms with van der Waals surface area (Å²) in [5.41, 5.74) is 6.02. The van der Waals surface area contributed by atoms with E-state index >= 15 is 0 Å². The average molecular weight is 304 g/mol. The van der Waals surface area contributed by atoms with Crippen molar-refractivity contribution in [3.63, 3.8) is 0 Å². The Morgan fingerprint density at radius 1 is 1.53 bits per heavy atom. The molecule has 0 spiro atoms. The molecule has 1 aromatic carbocycles. The largest absolute Gasteiger partial charge is 0.495 e. The summed E-state index contributed by atoms with van der Waals surface area (Å²) in [4.78, 5) is 0. The SMILES string of the molecule is COc1c(Br)cc2c(c1C(O)CN)OCCO2. The molecule has 17 heavy (non-hydrogen) atoms. The van der Waals surface area contributed by atoms with E-state index in [9.17, 15) is 5.11 Å². The van der Waals surface area contributed by atoms with Crippen molar-refractivity contribution in [2.75, 3.05) is 26.9 Å². The zero-order valence-corrected chi connectivity index (χ0v) is 11.0. The van der Waals surface area contributed by atoms with Gasteiger partial charge in [0.15, 0.2) is 11.5 Å². The van der Waals surface area contributed by atoms with Crippen LogP contribution in [0.5, 0.6) is 17.2 Å². The molecular weight excluding hydrogens is 290 g/mol. The van der Waals surface area contributed by atoms with Gasteiger partial charge in [0.2, 0.25) is 0 Å². The number of aliphatic hydroxyl groups is 1. The Labute approximate surface area is 108 Å². The van der Waals surface area contributed by atoms with Gasteiger partial charge >= 0.3 is 0 Å². The number of ether oxygens (including phenoxy) is 3. The monoisotopic (exact) mass is 303 g/mol. The van der Waals surface area contributed by atoms with Crippen LogP contribution in [0.15, 0.2) is 10.5 Å². The van der Waals surface area contributed by atoms with Crippen LogP contribution in [0.25, 0.3) is 0 Å². The van der Waals surface area contributed by atoms with Crippen LogP contribution in [-0.4, -0.2) is 32.0 Å².